The van der Waals surface area contributed by atoms with Gasteiger partial charge in [-0.3, -0.25) is 28.1 Å². The predicted molar refractivity (Wildman–Crippen MR) is 237 cm³/mol. The van der Waals surface area contributed by atoms with Crippen LogP contribution in [0, 0.1) is 5.41 Å². The molecule has 1 aliphatic heterocycles. The summed E-state index contributed by atoms with van der Waals surface area (Å²) in [4.78, 5) is 107. The first-order valence-electron chi connectivity index (χ1n) is 22.2. The lowest BCUT2D eigenvalue weighted by Gasteiger charge is -2.36. The number of thioether (sulfide) groups is 1. The molecule has 2 aromatic rings. The summed E-state index contributed by atoms with van der Waals surface area (Å²) >= 11 is 1.11. The van der Waals surface area contributed by atoms with Crippen molar-refractivity contribution in [3.05, 3.63) is 24.8 Å². The van der Waals surface area contributed by atoms with Gasteiger partial charge in [-0.15, -0.1) is 0 Å². The first kappa shape index (κ1) is 60.1. The third-order valence-electron chi connectivity index (χ3n) is 10.4. The minimum Gasteiger partial charge on any atom is -0.790 e. The van der Waals surface area contributed by atoms with Gasteiger partial charge in [0.2, 0.25) is 11.8 Å². The van der Waals surface area contributed by atoms with Crippen LogP contribution in [0.1, 0.15) is 116 Å². The molecule has 6 N–H and O–H groups in total. The molecule has 2 amide bonds. The number of nitrogen functional groups attached to an aromatic ring is 1. The third-order valence-corrected chi connectivity index (χ3v) is 14.4. The number of allylic oxidation sites excluding steroid dienone is 2. The monoisotopic (exact) mass is 1060 g/mol. The number of phosphoric acid groups is 3. The van der Waals surface area contributed by atoms with Gasteiger partial charge in [-0.05, 0) is 44.9 Å². The Morgan fingerprint density at radius 2 is 1.49 bits per heavy atom. The van der Waals surface area contributed by atoms with E-state index in [1.807, 2.05) is 0 Å². The highest BCUT2D eigenvalue weighted by atomic mass is 32.2. The fourth-order valence-corrected chi connectivity index (χ4v) is 10.2. The average Bonchev–Trinajstić information content (AvgIpc) is 3.82. The summed E-state index contributed by atoms with van der Waals surface area (Å²) in [6.07, 6.45) is 9.10. The lowest BCUT2D eigenvalue weighted by atomic mass is 9.87. The van der Waals surface area contributed by atoms with Crippen molar-refractivity contribution < 1.29 is 90.4 Å². The van der Waals surface area contributed by atoms with E-state index in [1.54, 1.807) is 0 Å². The van der Waals surface area contributed by atoms with E-state index in [1.165, 1.54) is 13.8 Å². The number of anilines is 1. The Bertz CT molecular complexity index is 2150. The number of fused-ring (bicyclic) bond motifs is 1. The number of carboxylic acids is 1. The molecular weight excluding hydrogens is 995 g/mol. The summed E-state index contributed by atoms with van der Waals surface area (Å²) < 4.78 is 60.8. The van der Waals surface area contributed by atoms with Crippen molar-refractivity contribution in [1.29, 1.82) is 0 Å². The number of unbranched alkanes of at least 4 members (excludes halogenated alkanes) is 10. The van der Waals surface area contributed by atoms with E-state index >= 15 is 0 Å². The van der Waals surface area contributed by atoms with Crippen LogP contribution < -0.4 is 41.0 Å². The second kappa shape index (κ2) is 29.3. The Hall–Kier alpha value is -3.23. The van der Waals surface area contributed by atoms with Gasteiger partial charge in [0, 0.05) is 43.1 Å². The number of carboxylic acid groups (broad SMARTS) is 1. The second-order valence-electron chi connectivity index (χ2n) is 16.7. The molecule has 7 atom stereocenters. The molecule has 1 saturated heterocycles. The van der Waals surface area contributed by atoms with Crippen LogP contribution >= 0.6 is 35.2 Å². The number of aliphatic hydroxyl groups is 2. The fraction of sp³-hybridized carbons (Fsp3) is 0.718. The number of phosphoric ester groups is 3. The molecule has 1 fully saturated rings. The highest BCUT2D eigenvalue weighted by Crippen LogP contribution is 2.56. The van der Waals surface area contributed by atoms with Crippen LogP contribution in [0.2, 0.25) is 0 Å². The highest BCUT2D eigenvalue weighted by Gasteiger charge is 2.47. The van der Waals surface area contributed by atoms with Gasteiger partial charge in [0.05, 0.1) is 27.4 Å². The van der Waals surface area contributed by atoms with Crippen LogP contribution in [0.15, 0.2) is 24.8 Å². The number of nitrogens with two attached hydrogens (primary N) is 1. The molecule has 392 valence electrons. The van der Waals surface area contributed by atoms with Crippen molar-refractivity contribution in [1.82, 2.24) is 30.2 Å². The molecule has 1 aliphatic rings. The maximum absolute atomic E-state index is 12.6. The number of nitrogens with one attached hydrogen (secondary N) is 2. The van der Waals surface area contributed by atoms with Crippen LogP contribution in [-0.2, 0) is 55.5 Å². The zero-order valence-electron chi connectivity index (χ0n) is 38.3. The second-order valence-corrected chi connectivity index (χ2v) is 21.9. The number of amides is 2. The van der Waals surface area contributed by atoms with Crippen LogP contribution in [0.5, 0.6) is 0 Å². The minimum absolute atomic E-state index is 0.0201. The lowest BCUT2D eigenvalue weighted by molar-refractivity contribution is -0.347. The minimum atomic E-state index is -5.93. The van der Waals surface area contributed by atoms with Gasteiger partial charge in [0.1, 0.15) is 36.3 Å². The summed E-state index contributed by atoms with van der Waals surface area (Å²) in [7, 11) is -17.6. The molecule has 0 spiro atoms. The number of ether oxygens (including phenoxy) is 1. The zero-order chi connectivity index (χ0) is 51.3. The molecule has 3 heterocycles. The number of hydrogen-bond acceptors (Lipinski definition) is 24. The van der Waals surface area contributed by atoms with Gasteiger partial charge in [0.15, 0.2) is 22.8 Å². The van der Waals surface area contributed by atoms with Crippen LogP contribution in [0.4, 0.5) is 5.82 Å². The first-order chi connectivity index (χ1) is 32.4. The standard InChI is InChI=1S/C39H66N7O19P3S/c1-39(2,34(52)37(53)42-20-19-28(47)41-21-22-69-30(50)18-16-14-12-10-8-6-4-3-5-7-9-11-13-15-17-29(48)49)24-62-68(59,60)65-67(57,58)61-23-27-33(64-66(54,55)56)32(51)38(63-27)46-26-45-31-35(40)43-25-44-36(31)46/h3-4,25-27,32-34,38,51-52H,5-24H2,1-2H3,(H,41,47)(H,42,53)(H,48,49)(H,57,58)(H,59,60)(H2,40,43,44)(H2,54,55,56)/p-5/b4-3-/t27-,32-,33-,34+,38-/m1/s1. The van der Waals surface area contributed by atoms with Gasteiger partial charge in [0.25, 0.3) is 15.6 Å². The summed E-state index contributed by atoms with van der Waals surface area (Å²) in [5.41, 5.74) is 4.06. The normalized spacial score (nSPS) is 19.9. The first-order valence-corrected chi connectivity index (χ1v) is 27.6. The molecule has 30 heteroatoms. The molecule has 0 radical (unpaired) electrons. The lowest BCUT2D eigenvalue weighted by Crippen LogP contribution is -2.46. The van der Waals surface area contributed by atoms with Gasteiger partial charge >= 0.3 is 0 Å². The molecule has 69 heavy (non-hydrogen) atoms. The van der Waals surface area contributed by atoms with Gasteiger partial charge in [-0.1, -0.05) is 76.3 Å². The number of aliphatic hydroxyl groups excluding tert-OH is 2. The number of imidazole rings is 1. The van der Waals surface area contributed by atoms with E-state index in [2.05, 4.69) is 55.6 Å². The number of hydrogen-bond donors (Lipinski definition) is 5. The maximum atomic E-state index is 12.6. The molecule has 2 aromatic heterocycles. The van der Waals surface area contributed by atoms with Crippen molar-refractivity contribution in [2.45, 2.75) is 141 Å². The van der Waals surface area contributed by atoms with Crippen LogP contribution in [-0.4, -0.2) is 109 Å². The SMILES string of the molecule is CC(C)(COP(=O)([O-])OP(=O)([O-])OC[C@H]1O[C@@H](n2cnc3c(N)ncnc32)[C@H](O)[C@@H]1OP(=O)([O-])[O-])[C@@H](O)C(=O)NCCC(=O)NCCSC(=O)CCCCCCC/C=C\CCCCCCCC(=O)[O-]. The van der Waals surface area contributed by atoms with Gasteiger partial charge in [-0.2, -0.15) is 0 Å². The number of nitrogens with zero attached hydrogens (tertiary/aromatic N) is 4. The molecule has 26 nitrogen and oxygen atoms in total. The van der Waals surface area contributed by atoms with Crippen LogP contribution in [0.3, 0.4) is 0 Å². The van der Waals surface area contributed by atoms with Gasteiger partial charge in [-0.25, -0.2) is 19.3 Å². The Balaban J connectivity index is 1.28. The molecule has 0 saturated carbocycles. The van der Waals surface area contributed by atoms with E-state index in [9.17, 15) is 67.8 Å². The largest absolute Gasteiger partial charge is 0.790 e. The predicted octanol–water partition coefficient (Wildman–Crippen LogP) is -0.0958. The fourth-order valence-electron chi connectivity index (χ4n) is 6.70. The van der Waals surface area contributed by atoms with Crippen LogP contribution in [0.25, 0.3) is 11.2 Å². The van der Waals surface area contributed by atoms with Crippen molar-refractivity contribution in [3.63, 3.8) is 0 Å². The molecule has 0 bridgehead atoms. The third kappa shape index (κ3) is 22.8. The summed E-state index contributed by atoms with van der Waals surface area (Å²) in [5.74, 6) is -2.19. The van der Waals surface area contributed by atoms with E-state index in [0.29, 0.717) is 18.6 Å². The van der Waals surface area contributed by atoms with E-state index in [4.69, 9.17) is 10.5 Å². The molecule has 0 aromatic carbocycles. The van der Waals surface area contributed by atoms with Crippen molar-refractivity contribution in [2.75, 3.05) is 37.8 Å². The summed E-state index contributed by atoms with van der Waals surface area (Å²) in [6, 6.07) is 0. The smallest absolute Gasteiger partial charge is 0.274 e. The number of rotatable bonds is 35. The molecule has 3 rings (SSSR count). The Kier molecular flexibility index (Phi) is 25.5. The topological polar surface area (TPSA) is 415 Å². The summed E-state index contributed by atoms with van der Waals surface area (Å²) in [6.45, 7) is 0.0911. The Morgan fingerprint density at radius 1 is 0.884 bits per heavy atom. The molecule has 2 unspecified atom stereocenters. The summed E-state index contributed by atoms with van der Waals surface area (Å²) in [5, 5.41) is 36.8. The average molecular weight is 1060 g/mol. The quantitative estimate of drug-likeness (QED) is 0.0342. The Morgan fingerprint density at radius 3 is 2.13 bits per heavy atom. The number of carbonyl (C=O) groups is 4. The van der Waals surface area contributed by atoms with E-state index in [0.717, 1.165) is 99.6 Å². The molecule has 0 aliphatic carbocycles. The van der Waals surface area contributed by atoms with E-state index in [-0.39, 0.29) is 48.0 Å². The highest BCUT2D eigenvalue weighted by molar-refractivity contribution is 8.13. The van der Waals surface area contributed by atoms with Crippen molar-refractivity contribution >= 4 is 75.1 Å². The van der Waals surface area contributed by atoms with Crippen molar-refractivity contribution in [3.8, 4) is 0 Å². The van der Waals surface area contributed by atoms with E-state index < -0.39 is 90.5 Å². The van der Waals surface area contributed by atoms with Gasteiger partial charge < -0.3 is 78.9 Å². The molecular formula is C39H61N7O19P3S-5. The van der Waals surface area contributed by atoms with Crippen molar-refractivity contribution in [2.24, 2.45) is 5.41 Å². The number of aliphatic carboxylic acids is 1. The number of aromatic nitrogens is 4. The maximum Gasteiger partial charge on any atom is 0.274 e. The zero-order valence-corrected chi connectivity index (χ0v) is 41.8. The number of carbonyl (C=O) groups excluding carboxylic acids is 4. The Labute approximate surface area is 403 Å².